The van der Waals surface area contributed by atoms with Gasteiger partial charge in [-0.1, -0.05) is 12.1 Å². The molecule has 0 aliphatic rings. The Bertz CT molecular complexity index is 1290. The second kappa shape index (κ2) is 10.5. The van der Waals surface area contributed by atoms with Crippen molar-refractivity contribution in [3.05, 3.63) is 66.4 Å². The summed E-state index contributed by atoms with van der Waals surface area (Å²) in [5.41, 5.74) is 3.46. The Morgan fingerprint density at radius 1 is 0.941 bits per heavy atom. The molecule has 2 amide bonds. The van der Waals surface area contributed by atoms with Crippen molar-refractivity contribution in [2.45, 2.75) is 13.5 Å². The van der Waals surface area contributed by atoms with Crippen LogP contribution < -0.4 is 24.8 Å². The summed E-state index contributed by atoms with van der Waals surface area (Å²) in [5.74, 6) is 2.48. The van der Waals surface area contributed by atoms with Crippen LogP contribution in [0.2, 0.25) is 0 Å². The van der Waals surface area contributed by atoms with Crippen LogP contribution in [0.3, 0.4) is 0 Å². The monoisotopic (exact) mass is 459 g/mol. The van der Waals surface area contributed by atoms with Crippen LogP contribution in [0.15, 0.2) is 60.8 Å². The van der Waals surface area contributed by atoms with E-state index >= 15 is 0 Å². The van der Waals surface area contributed by atoms with Gasteiger partial charge in [0.15, 0.2) is 5.65 Å². The average molecular weight is 460 g/mol. The van der Waals surface area contributed by atoms with Gasteiger partial charge in [0.05, 0.1) is 26.1 Å². The zero-order chi connectivity index (χ0) is 23.9. The molecule has 0 saturated heterocycles. The normalized spacial score (nSPS) is 10.6. The van der Waals surface area contributed by atoms with Crippen molar-refractivity contribution in [1.82, 2.24) is 20.3 Å². The standard InChI is InChI=1S/C25H25N5O4/c1-4-26-25(31)30-23-9-8-21-24(29-23)28-22(14-27-21)17-6-5-7-18(12-17)34-15-16-10-19(32-2)13-20(11-16)33-3/h5-14H,4,15H2,1-3H3,(H2,26,28,29,30,31). The highest BCUT2D eigenvalue weighted by Crippen LogP contribution is 2.26. The van der Waals surface area contributed by atoms with Crippen LogP contribution >= 0.6 is 0 Å². The van der Waals surface area contributed by atoms with E-state index in [1.807, 2.05) is 49.4 Å². The second-order valence-corrected chi connectivity index (χ2v) is 7.32. The molecule has 9 nitrogen and oxygen atoms in total. The summed E-state index contributed by atoms with van der Waals surface area (Å²) in [6.07, 6.45) is 1.69. The number of methoxy groups -OCH3 is 2. The number of aromatic nitrogens is 3. The van der Waals surface area contributed by atoms with E-state index in [-0.39, 0.29) is 6.03 Å². The van der Waals surface area contributed by atoms with Gasteiger partial charge in [0.1, 0.15) is 35.2 Å². The molecule has 0 spiro atoms. The molecule has 4 aromatic rings. The minimum Gasteiger partial charge on any atom is -0.497 e. The Morgan fingerprint density at radius 3 is 2.47 bits per heavy atom. The maximum Gasteiger partial charge on any atom is 0.320 e. The first-order chi connectivity index (χ1) is 16.6. The third kappa shape index (κ3) is 5.50. The van der Waals surface area contributed by atoms with E-state index in [0.29, 0.717) is 53.1 Å². The SMILES string of the molecule is CCNC(=O)Nc1ccc2ncc(-c3cccc(OCc4cc(OC)cc(OC)c4)c3)nc2n1. The zero-order valence-electron chi connectivity index (χ0n) is 19.2. The van der Waals surface area contributed by atoms with Gasteiger partial charge in [-0.15, -0.1) is 0 Å². The van der Waals surface area contributed by atoms with Crippen molar-refractivity contribution in [3.63, 3.8) is 0 Å². The molecule has 0 bridgehead atoms. The summed E-state index contributed by atoms with van der Waals surface area (Å²) in [7, 11) is 3.22. The second-order valence-electron chi connectivity index (χ2n) is 7.32. The summed E-state index contributed by atoms with van der Waals surface area (Å²) in [6.45, 7) is 2.71. The van der Waals surface area contributed by atoms with E-state index in [0.717, 1.165) is 11.1 Å². The van der Waals surface area contributed by atoms with E-state index < -0.39 is 0 Å². The van der Waals surface area contributed by atoms with Crippen molar-refractivity contribution in [3.8, 4) is 28.5 Å². The van der Waals surface area contributed by atoms with Gasteiger partial charge in [-0.25, -0.2) is 14.8 Å². The van der Waals surface area contributed by atoms with Crippen molar-refractivity contribution < 1.29 is 19.0 Å². The highest BCUT2D eigenvalue weighted by atomic mass is 16.5. The Labute approximate surface area is 197 Å². The fourth-order valence-corrected chi connectivity index (χ4v) is 3.29. The first-order valence-corrected chi connectivity index (χ1v) is 10.7. The van der Waals surface area contributed by atoms with Gasteiger partial charge >= 0.3 is 6.03 Å². The fraction of sp³-hybridized carbons (Fsp3) is 0.200. The van der Waals surface area contributed by atoms with E-state index in [4.69, 9.17) is 14.2 Å². The molecule has 34 heavy (non-hydrogen) atoms. The number of nitrogens with zero attached hydrogens (tertiary/aromatic N) is 3. The smallest absolute Gasteiger partial charge is 0.320 e. The third-order valence-corrected chi connectivity index (χ3v) is 4.93. The van der Waals surface area contributed by atoms with Crippen LogP contribution in [0.1, 0.15) is 12.5 Å². The predicted octanol–water partition coefficient (Wildman–Crippen LogP) is 4.43. The summed E-state index contributed by atoms with van der Waals surface area (Å²) >= 11 is 0. The quantitative estimate of drug-likeness (QED) is 0.401. The number of fused-ring (bicyclic) bond motifs is 1. The summed E-state index contributed by atoms with van der Waals surface area (Å²) in [4.78, 5) is 25.3. The highest BCUT2D eigenvalue weighted by molar-refractivity contribution is 5.89. The van der Waals surface area contributed by atoms with Crippen LogP contribution in [0.5, 0.6) is 17.2 Å². The number of hydrogen-bond donors (Lipinski definition) is 2. The molecule has 2 aromatic heterocycles. The molecule has 0 fully saturated rings. The number of carbonyl (C=O) groups is 1. The lowest BCUT2D eigenvalue weighted by molar-refractivity contribution is 0.252. The van der Waals surface area contributed by atoms with Crippen LogP contribution in [0.25, 0.3) is 22.4 Å². The van der Waals surface area contributed by atoms with Crippen LogP contribution in [-0.2, 0) is 6.61 Å². The molecular weight excluding hydrogens is 434 g/mol. The van der Waals surface area contributed by atoms with Crippen molar-refractivity contribution >= 4 is 23.0 Å². The Morgan fingerprint density at radius 2 is 1.74 bits per heavy atom. The first-order valence-electron chi connectivity index (χ1n) is 10.7. The molecule has 0 unspecified atom stereocenters. The molecule has 2 N–H and O–H groups in total. The van der Waals surface area contributed by atoms with Crippen molar-refractivity contribution in [2.24, 2.45) is 0 Å². The molecule has 174 valence electrons. The van der Waals surface area contributed by atoms with Crippen LogP contribution in [0, 0.1) is 0 Å². The number of hydrogen-bond acceptors (Lipinski definition) is 7. The number of amides is 2. The van der Waals surface area contributed by atoms with Gasteiger partial charge in [-0.2, -0.15) is 0 Å². The van der Waals surface area contributed by atoms with Gasteiger partial charge in [0, 0.05) is 18.2 Å². The number of nitrogens with one attached hydrogen (secondary N) is 2. The van der Waals surface area contributed by atoms with Crippen LogP contribution in [-0.4, -0.2) is 41.7 Å². The lowest BCUT2D eigenvalue weighted by atomic mass is 10.1. The Kier molecular flexibility index (Phi) is 7.02. The number of urea groups is 1. The molecule has 2 heterocycles. The van der Waals surface area contributed by atoms with Crippen LogP contribution in [0.4, 0.5) is 10.6 Å². The largest absolute Gasteiger partial charge is 0.497 e. The summed E-state index contributed by atoms with van der Waals surface area (Å²) < 4.78 is 16.6. The lowest BCUT2D eigenvalue weighted by Crippen LogP contribution is -2.28. The average Bonchev–Trinajstić information content (AvgIpc) is 2.87. The number of pyridine rings is 1. The van der Waals surface area contributed by atoms with Gasteiger partial charge in [-0.05, 0) is 48.9 Å². The van der Waals surface area contributed by atoms with E-state index in [1.165, 1.54) is 0 Å². The number of anilines is 1. The maximum absolute atomic E-state index is 11.8. The van der Waals surface area contributed by atoms with Gasteiger partial charge < -0.3 is 19.5 Å². The molecular formula is C25H25N5O4. The van der Waals surface area contributed by atoms with E-state index in [9.17, 15) is 4.79 Å². The maximum atomic E-state index is 11.8. The highest BCUT2D eigenvalue weighted by Gasteiger charge is 2.09. The third-order valence-electron chi connectivity index (χ3n) is 4.93. The summed E-state index contributed by atoms with van der Waals surface area (Å²) in [6, 6.07) is 16.3. The van der Waals surface area contributed by atoms with E-state index in [1.54, 1.807) is 32.5 Å². The molecule has 2 aromatic carbocycles. The molecule has 0 saturated carbocycles. The molecule has 0 aliphatic heterocycles. The minimum absolute atomic E-state index is 0.322. The predicted molar refractivity (Wildman–Crippen MR) is 129 cm³/mol. The Balaban J connectivity index is 1.53. The van der Waals surface area contributed by atoms with Gasteiger partial charge in [0.2, 0.25) is 0 Å². The molecule has 0 atom stereocenters. The Hall–Kier alpha value is -4.40. The lowest BCUT2D eigenvalue weighted by Gasteiger charge is -2.11. The summed E-state index contributed by atoms with van der Waals surface area (Å²) in [5, 5.41) is 5.35. The first kappa shape index (κ1) is 22.8. The van der Waals surface area contributed by atoms with Crippen molar-refractivity contribution in [1.29, 1.82) is 0 Å². The fourth-order valence-electron chi connectivity index (χ4n) is 3.29. The molecule has 4 rings (SSSR count). The number of benzene rings is 2. The van der Waals surface area contributed by atoms with Crippen molar-refractivity contribution in [2.75, 3.05) is 26.1 Å². The number of rotatable bonds is 8. The number of ether oxygens (including phenoxy) is 3. The molecule has 9 heteroatoms. The zero-order valence-corrected chi connectivity index (χ0v) is 19.2. The van der Waals surface area contributed by atoms with Gasteiger partial charge in [-0.3, -0.25) is 10.3 Å². The minimum atomic E-state index is -0.322. The van der Waals surface area contributed by atoms with E-state index in [2.05, 4.69) is 25.6 Å². The molecule has 0 aliphatic carbocycles. The van der Waals surface area contributed by atoms with Gasteiger partial charge in [0.25, 0.3) is 0 Å². The molecule has 0 radical (unpaired) electrons. The topological polar surface area (TPSA) is 107 Å². The number of carbonyl (C=O) groups excluding carboxylic acids is 1.